The fourth-order valence-corrected chi connectivity index (χ4v) is 6.47. The molecule has 17 heteroatoms. The van der Waals surface area contributed by atoms with E-state index in [0.717, 1.165) is 32.1 Å². The summed E-state index contributed by atoms with van der Waals surface area (Å²) in [6.07, 6.45) is 20.7. The van der Waals surface area contributed by atoms with Crippen molar-refractivity contribution in [3.05, 3.63) is 0 Å². The number of rotatable bonds is 43. The number of amides is 5. The van der Waals surface area contributed by atoms with Crippen LogP contribution in [0.3, 0.4) is 0 Å². The van der Waals surface area contributed by atoms with Crippen LogP contribution in [-0.4, -0.2) is 123 Å². The fourth-order valence-electron chi connectivity index (χ4n) is 5.80. The summed E-state index contributed by atoms with van der Waals surface area (Å²) in [6.45, 7) is 4.56. The van der Waals surface area contributed by atoms with E-state index in [9.17, 15) is 33.9 Å². The number of unbranched alkanes of at least 4 members (excludes halogenated alkanes) is 15. The van der Waals surface area contributed by atoms with Gasteiger partial charge in [-0.15, -0.1) is 11.8 Å². The highest BCUT2D eigenvalue weighted by atomic mass is 32.2. The highest BCUT2D eigenvalue weighted by Crippen LogP contribution is 2.14. The average Bonchev–Trinajstić information content (AvgIpc) is 3.19. The van der Waals surface area contributed by atoms with E-state index in [-0.39, 0.29) is 75.9 Å². The summed E-state index contributed by atoms with van der Waals surface area (Å²) in [5.74, 6) is -1.75. The molecule has 16 nitrogen and oxygen atoms in total. The Morgan fingerprint density at radius 3 is 1.69 bits per heavy atom. The smallest absolute Gasteiger partial charge is 0.326 e. The van der Waals surface area contributed by atoms with Crippen LogP contribution in [0.2, 0.25) is 0 Å². The summed E-state index contributed by atoms with van der Waals surface area (Å²) < 4.78 is 16.2. The lowest BCUT2D eigenvalue weighted by Crippen LogP contribution is -2.41. The third-order valence-electron chi connectivity index (χ3n) is 9.28. The Hall–Kier alpha value is -2.99. The molecule has 0 aliphatic rings. The number of carboxylic acid groups (broad SMARTS) is 1. The van der Waals surface area contributed by atoms with Crippen LogP contribution in [0.5, 0.6) is 0 Å². The molecule has 0 rings (SSSR count). The SMILES string of the molecule is CCCCCCCCCCCCCCCCCC(=O)NC(CCC(=O)NCCOCCOCC(=O)NCCOCCSCC(=O)NCCCCC(N)C(N)=O)C(=O)O. The quantitative estimate of drug-likeness (QED) is 0.0434. The minimum absolute atomic E-state index is 0.00495. The van der Waals surface area contributed by atoms with Crippen molar-refractivity contribution in [2.75, 3.05) is 70.8 Å². The molecular formula is C41H78N6O10S. The molecule has 0 aliphatic heterocycles. The molecule has 0 radical (unpaired) electrons. The first-order valence-corrected chi connectivity index (χ1v) is 22.9. The first kappa shape index (κ1) is 55.0. The predicted octanol–water partition coefficient (Wildman–Crippen LogP) is 3.71. The molecule has 0 fully saturated rings. The lowest BCUT2D eigenvalue weighted by Gasteiger charge is -2.14. The summed E-state index contributed by atoms with van der Waals surface area (Å²) in [4.78, 5) is 70.8. The lowest BCUT2D eigenvalue weighted by molar-refractivity contribution is -0.142. The van der Waals surface area contributed by atoms with Gasteiger partial charge in [0.1, 0.15) is 12.6 Å². The van der Waals surface area contributed by atoms with Gasteiger partial charge in [-0.3, -0.25) is 24.0 Å². The van der Waals surface area contributed by atoms with Gasteiger partial charge in [0.25, 0.3) is 0 Å². The van der Waals surface area contributed by atoms with E-state index in [1.807, 2.05) is 0 Å². The number of carbonyl (C=O) groups excluding carboxylic acids is 5. The zero-order valence-electron chi connectivity index (χ0n) is 35.5. The molecule has 0 aliphatic carbocycles. The van der Waals surface area contributed by atoms with Crippen LogP contribution < -0.4 is 32.7 Å². The number of carbonyl (C=O) groups is 6. The number of ether oxygens (including phenoxy) is 3. The van der Waals surface area contributed by atoms with Crippen LogP contribution in [0.25, 0.3) is 0 Å². The van der Waals surface area contributed by atoms with Gasteiger partial charge in [0.15, 0.2) is 0 Å². The molecule has 0 bridgehead atoms. The molecular weight excluding hydrogens is 769 g/mol. The zero-order chi connectivity index (χ0) is 42.9. The van der Waals surface area contributed by atoms with Gasteiger partial charge in [-0.2, -0.15) is 0 Å². The summed E-state index contributed by atoms with van der Waals surface area (Å²) in [5.41, 5.74) is 10.7. The van der Waals surface area contributed by atoms with E-state index >= 15 is 0 Å². The summed E-state index contributed by atoms with van der Waals surface area (Å²) in [5, 5.41) is 20.2. The van der Waals surface area contributed by atoms with Crippen molar-refractivity contribution in [2.45, 2.75) is 154 Å². The van der Waals surface area contributed by atoms with Crippen molar-refractivity contribution in [1.29, 1.82) is 0 Å². The van der Waals surface area contributed by atoms with E-state index in [2.05, 4.69) is 28.2 Å². The van der Waals surface area contributed by atoms with Crippen molar-refractivity contribution < 1.29 is 48.1 Å². The van der Waals surface area contributed by atoms with E-state index < -0.39 is 24.0 Å². The molecule has 0 heterocycles. The van der Waals surface area contributed by atoms with E-state index in [4.69, 9.17) is 25.7 Å². The van der Waals surface area contributed by atoms with Crippen LogP contribution in [0.15, 0.2) is 0 Å². The average molecular weight is 847 g/mol. The van der Waals surface area contributed by atoms with Gasteiger partial charge in [-0.25, -0.2) is 4.79 Å². The minimum atomic E-state index is -1.16. The maximum absolute atomic E-state index is 12.3. The number of thioether (sulfide) groups is 1. The molecule has 5 amide bonds. The van der Waals surface area contributed by atoms with Gasteiger partial charge in [0, 0.05) is 38.2 Å². The van der Waals surface area contributed by atoms with Gasteiger partial charge in [-0.1, -0.05) is 96.8 Å². The molecule has 2 atom stereocenters. The third kappa shape index (κ3) is 38.5. The van der Waals surface area contributed by atoms with E-state index in [1.165, 1.54) is 82.4 Å². The monoisotopic (exact) mass is 847 g/mol. The summed E-state index contributed by atoms with van der Waals surface area (Å²) in [6, 6.07) is -1.77. The maximum Gasteiger partial charge on any atom is 0.326 e. The van der Waals surface area contributed by atoms with Crippen LogP contribution in [-0.2, 0) is 43.0 Å². The van der Waals surface area contributed by atoms with Gasteiger partial charge in [0.05, 0.1) is 44.8 Å². The highest BCUT2D eigenvalue weighted by Gasteiger charge is 2.21. The molecule has 0 aromatic heterocycles. The number of nitrogens with one attached hydrogen (secondary N) is 4. The maximum atomic E-state index is 12.3. The molecule has 0 saturated carbocycles. The second-order valence-electron chi connectivity index (χ2n) is 14.6. The molecule has 9 N–H and O–H groups in total. The first-order chi connectivity index (χ1) is 28.1. The van der Waals surface area contributed by atoms with Crippen molar-refractivity contribution in [3.8, 4) is 0 Å². The molecule has 2 unspecified atom stereocenters. The fraction of sp³-hybridized carbons (Fsp3) is 0.854. The van der Waals surface area contributed by atoms with E-state index in [1.54, 1.807) is 0 Å². The summed E-state index contributed by atoms with van der Waals surface area (Å²) in [7, 11) is 0. The topological polar surface area (TPSA) is 251 Å². The molecule has 0 aromatic rings. The van der Waals surface area contributed by atoms with Crippen LogP contribution >= 0.6 is 11.8 Å². The van der Waals surface area contributed by atoms with Gasteiger partial charge >= 0.3 is 5.97 Å². The Morgan fingerprint density at radius 2 is 1.10 bits per heavy atom. The number of primary amides is 1. The van der Waals surface area contributed by atoms with Crippen molar-refractivity contribution in [1.82, 2.24) is 21.3 Å². The Bertz CT molecular complexity index is 1090. The van der Waals surface area contributed by atoms with Gasteiger partial charge in [0.2, 0.25) is 29.5 Å². The van der Waals surface area contributed by atoms with Gasteiger partial charge in [-0.05, 0) is 32.1 Å². The molecule has 338 valence electrons. The summed E-state index contributed by atoms with van der Waals surface area (Å²) >= 11 is 1.44. The molecule has 0 saturated heterocycles. The van der Waals surface area contributed by atoms with Crippen molar-refractivity contribution in [2.24, 2.45) is 11.5 Å². The Balaban J connectivity index is 3.65. The predicted molar refractivity (Wildman–Crippen MR) is 228 cm³/mol. The largest absolute Gasteiger partial charge is 0.480 e. The van der Waals surface area contributed by atoms with Crippen LogP contribution in [0.1, 0.15) is 142 Å². The van der Waals surface area contributed by atoms with Crippen LogP contribution in [0.4, 0.5) is 0 Å². The second-order valence-corrected chi connectivity index (χ2v) is 15.7. The zero-order valence-corrected chi connectivity index (χ0v) is 36.3. The Kier molecular flexibility index (Phi) is 38.7. The number of nitrogens with two attached hydrogens (primary N) is 2. The van der Waals surface area contributed by atoms with Crippen molar-refractivity contribution >= 4 is 47.3 Å². The molecule has 58 heavy (non-hydrogen) atoms. The Labute approximate surface area is 351 Å². The van der Waals surface area contributed by atoms with Crippen molar-refractivity contribution in [3.63, 3.8) is 0 Å². The minimum Gasteiger partial charge on any atom is -0.480 e. The number of carboxylic acids is 1. The Morgan fingerprint density at radius 1 is 0.569 bits per heavy atom. The first-order valence-electron chi connectivity index (χ1n) is 21.7. The third-order valence-corrected chi connectivity index (χ3v) is 10.2. The number of aliphatic carboxylic acids is 1. The molecule has 0 spiro atoms. The van der Waals surface area contributed by atoms with Crippen LogP contribution in [0, 0.1) is 0 Å². The van der Waals surface area contributed by atoms with Gasteiger partial charge < -0.3 is 52.1 Å². The lowest BCUT2D eigenvalue weighted by atomic mass is 10.0. The second kappa shape index (κ2) is 40.8. The number of hydrogen-bond donors (Lipinski definition) is 7. The van der Waals surface area contributed by atoms with E-state index in [0.29, 0.717) is 50.7 Å². The normalized spacial score (nSPS) is 12.1. The molecule has 0 aromatic carbocycles. The standard InChI is InChI=1S/C41H78N6O10S/c1-2-3-4-5-6-7-8-9-10-11-12-13-14-15-16-20-37(49)47-35(41(53)54)21-22-36(48)45-24-26-55-28-29-57-32-38(50)46-25-27-56-30-31-58-33-39(51)44-23-18-17-19-34(42)40(43)52/h34-35H,2-33,42H2,1H3,(H2,43,52)(H,44,51)(H,45,48)(H,46,50)(H,47,49)(H,53,54). The highest BCUT2D eigenvalue weighted by molar-refractivity contribution is 7.99. The number of hydrogen-bond acceptors (Lipinski definition) is 11.